The number of hydrogen-bond donors (Lipinski definition) is 1. The zero-order valence-corrected chi connectivity index (χ0v) is 5.94. The summed E-state index contributed by atoms with van der Waals surface area (Å²) < 4.78 is 4.66. The Bertz CT molecular complexity index is 62.0. The largest absolute Gasteiger partial charge is 0.280 e. The third kappa shape index (κ3) is 6.19. The van der Waals surface area contributed by atoms with E-state index in [-0.39, 0.29) is 0 Å². The molecule has 0 aromatic heterocycles. The van der Waals surface area contributed by atoms with Crippen LogP contribution in [0.1, 0.15) is 0 Å². The van der Waals surface area contributed by atoms with Crippen LogP contribution in [0, 0.1) is 0 Å². The third-order valence-electron chi connectivity index (χ3n) is 0.284. The van der Waals surface area contributed by atoms with Crippen molar-refractivity contribution in [2.45, 2.75) is 0 Å². The summed E-state index contributed by atoms with van der Waals surface area (Å²) in [4.78, 5) is 0. The minimum Gasteiger partial charge on any atom is -0.241 e. The van der Waals surface area contributed by atoms with Gasteiger partial charge in [-0.3, -0.25) is 0 Å². The van der Waals surface area contributed by atoms with E-state index < -0.39 is 0 Å². The van der Waals surface area contributed by atoms with E-state index in [1.165, 1.54) is 0 Å². The molecule has 0 saturated carbocycles. The van der Waals surface area contributed by atoms with Gasteiger partial charge >= 0.3 is 0 Å². The maximum absolute atomic E-state index is 7.68. The molecule has 0 aliphatic rings. The minimum atomic E-state index is 0.514. The first-order chi connectivity index (χ1) is 3.56. The van der Waals surface area contributed by atoms with Gasteiger partial charge in [-0.2, -0.15) is 0 Å². The smallest absolute Gasteiger partial charge is 0.241 e. The van der Waals surface area contributed by atoms with Gasteiger partial charge in [-0.05, 0) is 0 Å². The second kappa shape index (κ2) is 3.26. The zero-order chi connectivity index (χ0) is 6.62. The molecule has 0 aromatic rings. The van der Waals surface area contributed by atoms with E-state index in [1.54, 1.807) is 0 Å². The SMILES string of the molecule is C[N+](C)(C)SOOO. The molecule has 8 heavy (non-hydrogen) atoms. The average Bonchev–Trinajstić information content (AvgIpc) is 1.59. The molecule has 0 saturated heterocycles. The summed E-state index contributed by atoms with van der Waals surface area (Å²) in [5.41, 5.74) is 0. The molecule has 0 spiro atoms. The van der Waals surface area contributed by atoms with Crippen molar-refractivity contribution >= 4 is 12.2 Å². The lowest BCUT2D eigenvalue weighted by Gasteiger charge is -2.15. The van der Waals surface area contributed by atoms with Crippen molar-refractivity contribution in [3.63, 3.8) is 0 Å². The standard InChI is InChI=1S/C3H9NO3S/c1-4(2,3)8-7-6-5/h1-3H3/p+1. The molecule has 0 aromatic carbocycles. The summed E-state index contributed by atoms with van der Waals surface area (Å²) in [6.45, 7) is 0. The van der Waals surface area contributed by atoms with Crippen LogP contribution >= 0.6 is 12.2 Å². The number of quaternary nitrogens is 1. The van der Waals surface area contributed by atoms with Crippen LogP contribution < -0.4 is 0 Å². The van der Waals surface area contributed by atoms with Crippen LogP contribution in [0.25, 0.3) is 0 Å². The van der Waals surface area contributed by atoms with Gasteiger partial charge in [0.05, 0.1) is 21.1 Å². The van der Waals surface area contributed by atoms with Crippen molar-refractivity contribution < 1.29 is 18.5 Å². The van der Waals surface area contributed by atoms with E-state index in [9.17, 15) is 0 Å². The fourth-order valence-electron chi connectivity index (χ4n) is 0.105. The van der Waals surface area contributed by atoms with Crippen LogP contribution in [-0.4, -0.2) is 30.3 Å². The molecule has 0 heterocycles. The summed E-state index contributed by atoms with van der Waals surface area (Å²) in [7, 11) is 5.64. The first kappa shape index (κ1) is 8.19. The fraction of sp³-hybridized carbons (Fsp3) is 1.00. The van der Waals surface area contributed by atoms with Gasteiger partial charge in [0, 0.05) is 0 Å². The van der Waals surface area contributed by atoms with Crippen molar-refractivity contribution in [1.82, 2.24) is 0 Å². The van der Waals surface area contributed by atoms with E-state index in [0.29, 0.717) is 3.89 Å². The maximum atomic E-state index is 7.68. The first-order valence-electron chi connectivity index (χ1n) is 2.04. The van der Waals surface area contributed by atoms with Gasteiger partial charge in [-0.1, -0.05) is 9.37 Å². The highest BCUT2D eigenvalue weighted by Gasteiger charge is 2.10. The van der Waals surface area contributed by atoms with E-state index in [4.69, 9.17) is 5.26 Å². The highest BCUT2D eigenvalue weighted by atomic mass is 32.2. The predicted molar refractivity (Wildman–Crippen MR) is 30.4 cm³/mol. The van der Waals surface area contributed by atoms with Crippen LogP contribution in [-0.2, 0) is 9.37 Å². The molecule has 0 rings (SSSR count). The van der Waals surface area contributed by atoms with Gasteiger partial charge in [0.2, 0.25) is 0 Å². The highest BCUT2D eigenvalue weighted by molar-refractivity contribution is 7.88. The van der Waals surface area contributed by atoms with Gasteiger partial charge in [-0.25, -0.2) is 9.15 Å². The number of nitrogens with zero attached hydrogens (tertiary/aromatic N) is 1. The first-order valence-corrected chi connectivity index (χ1v) is 2.74. The number of hydrogen-bond acceptors (Lipinski definition) is 4. The molecule has 0 fully saturated rings. The summed E-state index contributed by atoms with van der Waals surface area (Å²) in [5.74, 6) is 0. The Labute approximate surface area is 52.8 Å². The second-order valence-electron chi connectivity index (χ2n) is 2.11. The van der Waals surface area contributed by atoms with Crippen LogP contribution in [0.3, 0.4) is 0 Å². The molecular weight excluding hydrogens is 130 g/mol. The molecule has 0 atom stereocenters. The van der Waals surface area contributed by atoms with Crippen LogP contribution in [0.2, 0.25) is 0 Å². The Kier molecular flexibility index (Phi) is 3.34. The zero-order valence-electron chi connectivity index (χ0n) is 5.12. The minimum absolute atomic E-state index is 0.514. The van der Waals surface area contributed by atoms with E-state index in [2.05, 4.69) is 9.37 Å². The quantitative estimate of drug-likeness (QED) is 0.206. The molecule has 0 radical (unpaired) electrons. The summed E-state index contributed by atoms with van der Waals surface area (Å²) in [6.07, 6.45) is 0. The molecular formula is C3H10NO3S+. The summed E-state index contributed by atoms with van der Waals surface area (Å²) in [5, 5.41) is 11.0. The normalized spacial score (nSPS) is 12.0. The monoisotopic (exact) mass is 140 g/mol. The summed E-state index contributed by atoms with van der Waals surface area (Å²) >= 11 is 0.999. The van der Waals surface area contributed by atoms with Crippen molar-refractivity contribution in [2.24, 2.45) is 0 Å². The molecule has 50 valence electrons. The fourth-order valence-corrected chi connectivity index (χ4v) is 0.315. The van der Waals surface area contributed by atoms with Crippen molar-refractivity contribution in [1.29, 1.82) is 0 Å². The molecule has 0 aliphatic heterocycles. The van der Waals surface area contributed by atoms with Gasteiger partial charge in [-0.15, -0.1) is 0 Å². The molecule has 0 unspecified atom stereocenters. The van der Waals surface area contributed by atoms with E-state index >= 15 is 0 Å². The molecule has 0 bridgehead atoms. The van der Waals surface area contributed by atoms with Gasteiger partial charge in [0.25, 0.3) is 12.2 Å². The van der Waals surface area contributed by atoms with Crippen LogP contribution in [0.5, 0.6) is 0 Å². The van der Waals surface area contributed by atoms with Crippen LogP contribution in [0.4, 0.5) is 0 Å². The second-order valence-corrected chi connectivity index (χ2v) is 3.49. The lowest BCUT2D eigenvalue weighted by Crippen LogP contribution is -2.25. The van der Waals surface area contributed by atoms with Crippen molar-refractivity contribution in [2.75, 3.05) is 21.1 Å². The lowest BCUT2D eigenvalue weighted by atomic mass is 11.0. The van der Waals surface area contributed by atoms with Gasteiger partial charge in [0.15, 0.2) is 0 Å². The molecule has 1 N–H and O–H groups in total. The van der Waals surface area contributed by atoms with Crippen LogP contribution in [0.15, 0.2) is 0 Å². The topological polar surface area (TPSA) is 38.7 Å². The summed E-state index contributed by atoms with van der Waals surface area (Å²) in [6, 6.07) is 0. The van der Waals surface area contributed by atoms with E-state index in [1.807, 2.05) is 21.1 Å². The Hall–Kier alpha value is 0.190. The highest BCUT2D eigenvalue weighted by Crippen LogP contribution is 2.12. The third-order valence-corrected chi connectivity index (χ3v) is 0.853. The Morgan fingerprint density at radius 2 is 1.88 bits per heavy atom. The Morgan fingerprint density at radius 3 is 2.00 bits per heavy atom. The van der Waals surface area contributed by atoms with E-state index in [0.717, 1.165) is 12.2 Å². The molecule has 4 nitrogen and oxygen atoms in total. The van der Waals surface area contributed by atoms with Crippen molar-refractivity contribution in [3.05, 3.63) is 0 Å². The molecule has 5 heteroatoms. The lowest BCUT2D eigenvalue weighted by molar-refractivity contribution is -0.736. The molecule has 0 aliphatic carbocycles. The Balaban J connectivity index is 3.11. The Morgan fingerprint density at radius 1 is 1.38 bits per heavy atom. The molecule has 0 amide bonds. The number of rotatable bonds is 3. The van der Waals surface area contributed by atoms with Crippen molar-refractivity contribution in [3.8, 4) is 0 Å². The maximum Gasteiger partial charge on any atom is 0.280 e. The predicted octanol–water partition coefficient (Wildman–Crippen LogP) is 0.677. The van der Waals surface area contributed by atoms with Gasteiger partial charge in [0.1, 0.15) is 0 Å². The average molecular weight is 140 g/mol. The van der Waals surface area contributed by atoms with Gasteiger partial charge < -0.3 is 0 Å².